The summed E-state index contributed by atoms with van der Waals surface area (Å²) in [5.74, 6) is 0.00647. The van der Waals surface area contributed by atoms with Crippen LogP contribution in [0.15, 0.2) is 60.7 Å². The van der Waals surface area contributed by atoms with Crippen LogP contribution in [-0.2, 0) is 20.2 Å². The fourth-order valence-corrected chi connectivity index (χ4v) is 3.06. The van der Waals surface area contributed by atoms with Gasteiger partial charge >= 0.3 is 0 Å². The molecule has 0 saturated carbocycles. The molecular formula is C24H24ClNO4. The van der Waals surface area contributed by atoms with Gasteiger partial charge in [0.2, 0.25) is 0 Å². The number of hydrogen-bond donors (Lipinski definition) is 1. The van der Waals surface area contributed by atoms with Gasteiger partial charge in [-0.05, 0) is 41.7 Å². The van der Waals surface area contributed by atoms with Crippen molar-refractivity contribution in [2.24, 2.45) is 0 Å². The van der Waals surface area contributed by atoms with E-state index in [1.54, 1.807) is 30.4 Å². The predicted molar refractivity (Wildman–Crippen MR) is 118 cm³/mol. The third-order valence-electron chi connectivity index (χ3n) is 4.61. The Morgan fingerprint density at radius 1 is 1.00 bits per heavy atom. The Balaban J connectivity index is 1.48. The number of carbonyl (C=O) groups excluding carboxylic acids is 2. The predicted octanol–water partition coefficient (Wildman–Crippen LogP) is 4.91. The highest BCUT2D eigenvalue weighted by molar-refractivity contribution is 6.17. The molecule has 3 rings (SSSR count). The smallest absolute Gasteiger partial charge is 0.267 e. The van der Waals surface area contributed by atoms with Crippen molar-refractivity contribution in [2.45, 2.75) is 31.4 Å². The van der Waals surface area contributed by atoms with Gasteiger partial charge in [-0.2, -0.15) is 0 Å². The Morgan fingerprint density at radius 2 is 1.67 bits per heavy atom. The van der Waals surface area contributed by atoms with Crippen LogP contribution in [0.2, 0.25) is 0 Å². The average Bonchev–Trinajstić information content (AvgIpc) is 2.81. The fraction of sp³-hybridized carbons (Fsp3) is 0.250. The number of ketones is 1. The van der Waals surface area contributed by atoms with Gasteiger partial charge in [0.1, 0.15) is 0 Å². The Hall–Kier alpha value is -2.73. The van der Waals surface area contributed by atoms with E-state index >= 15 is 0 Å². The summed E-state index contributed by atoms with van der Waals surface area (Å²) in [5.41, 5.74) is 5.72. The SMILES string of the molecule is O=C(/C=C/c1ccc(/C=C/C(=O)c2ccc(CCl)cc2)cc1)NOC1CCCCO1. The molecule has 1 saturated heterocycles. The maximum absolute atomic E-state index is 12.2. The summed E-state index contributed by atoms with van der Waals surface area (Å²) >= 11 is 5.76. The molecule has 1 heterocycles. The Labute approximate surface area is 181 Å². The van der Waals surface area contributed by atoms with Crippen molar-refractivity contribution < 1.29 is 19.2 Å². The van der Waals surface area contributed by atoms with E-state index in [1.807, 2.05) is 36.4 Å². The standard InChI is InChI=1S/C24H24ClNO4/c25-17-20-8-12-21(13-9-20)22(27)14-10-18-4-6-19(7-5-18)11-15-23(28)26-30-24-3-1-2-16-29-24/h4-15,24H,1-3,16-17H2,(H,26,28)/b14-10+,15-11+. The number of halogens is 1. The molecule has 1 aliphatic rings. The summed E-state index contributed by atoms with van der Waals surface area (Å²) in [4.78, 5) is 29.3. The lowest BCUT2D eigenvalue weighted by molar-refractivity contribution is -0.198. The molecular weight excluding hydrogens is 402 g/mol. The number of benzene rings is 2. The number of allylic oxidation sites excluding steroid dienone is 1. The van der Waals surface area contributed by atoms with Crippen LogP contribution in [0.4, 0.5) is 0 Å². The highest BCUT2D eigenvalue weighted by atomic mass is 35.5. The van der Waals surface area contributed by atoms with E-state index in [0.29, 0.717) is 18.1 Å². The van der Waals surface area contributed by atoms with E-state index in [0.717, 1.165) is 36.0 Å². The highest BCUT2D eigenvalue weighted by Gasteiger charge is 2.14. The van der Waals surface area contributed by atoms with E-state index in [2.05, 4.69) is 5.48 Å². The molecule has 1 aliphatic heterocycles. The molecule has 1 N–H and O–H groups in total. The van der Waals surface area contributed by atoms with Crippen molar-refractivity contribution in [3.63, 3.8) is 0 Å². The Morgan fingerprint density at radius 3 is 2.27 bits per heavy atom. The van der Waals surface area contributed by atoms with Gasteiger partial charge in [0.15, 0.2) is 12.1 Å². The van der Waals surface area contributed by atoms with E-state index in [4.69, 9.17) is 21.2 Å². The van der Waals surface area contributed by atoms with Crippen LogP contribution >= 0.6 is 11.6 Å². The summed E-state index contributed by atoms with van der Waals surface area (Å²) in [6.07, 6.45) is 8.86. The van der Waals surface area contributed by atoms with Crippen LogP contribution in [0.3, 0.4) is 0 Å². The third-order valence-corrected chi connectivity index (χ3v) is 4.92. The second-order valence-electron chi connectivity index (χ2n) is 6.91. The van der Waals surface area contributed by atoms with Crippen LogP contribution in [0.25, 0.3) is 12.2 Å². The third kappa shape index (κ3) is 6.95. The van der Waals surface area contributed by atoms with Gasteiger partial charge in [-0.15, -0.1) is 11.6 Å². The minimum atomic E-state index is -0.372. The summed E-state index contributed by atoms with van der Waals surface area (Å²) in [5, 5.41) is 0. The molecule has 2 aromatic carbocycles. The van der Waals surface area contributed by atoms with E-state index in [-0.39, 0.29) is 18.0 Å². The second kappa shape index (κ2) is 11.5. The molecule has 0 aliphatic carbocycles. The molecule has 0 radical (unpaired) electrons. The number of rotatable bonds is 8. The molecule has 6 heteroatoms. The van der Waals surface area contributed by atoms with Crippen LogP contribution < -0.4 is 5.48 Å². The summed E-state index contributed by atoms with van der Waals surface area (Å²) in [6.45, 7) is 0.656. The number of carbonyl (C=O) groups is 2. The Kier molecular flexibility index (Phi) is 8.39. The first-order valence-corrected chi connectivity index (χ1v) is 10.4. The average molecular weight is 426 g/mol. The molecule has 0 spiro atoms. The van der Waals surface area contributed by atoms with Gasteiger partial charge in [-0.3, -0.25) is 9.59 Å². The van der Waals surface area contributed by atoms with Gasteiger partial charge < -0.3 is 4.74 Å². The number of hydrogen-bond acceptors (Lipinski definition) is 4. The van der Waals surface area contributed by atoms with E-state index in [1.165, 1.54) is 6.08 Å². The fourth-order valence-electron chi connectivity index (χ4n) is 2.88. The van der Waals surface area contributed by atoms with Crippen molar-refractivity contribution in [2.75, 3.05) is 6.61 Å². The minimum Gasteiger partial charge on any atom is -0.350 e. The van der Waals surface area contributed by atoms with Gasteiger partial charge in [0.25, 0.3) is 5.91 Å². The number of nitrogens with one attached hydrogen (secondary N) is 1. The quantitative estimate of drug-likeness (QED) is 0.282. The van der Waals surface area contributed by atoms with Crippen LogP contribution in [0.1, 0.15) is 46.3 Å². The van der Waals surface area contributed by atoms with Crippen molar-refractivity contribution in [3.05, 3.63) is 82.9 Å². The van der Waals surface area contributed by atoms with Crippen molar-refractivity contribution in [1.29, 1.82) is 0 Å². The summed E-state index contributed by atoms with van der Waals surface area (Å²) in [6, 6.07) is 14.7. The lowest BCUT2D eigenvalue weighted by Gasteiger charge is -2.21. The maximum atomic E-state index is 12.2. The molecule has 1 fully saturated rings. The molecule has 5 nitrogen and oxygen atoms in total. The van der Waals surface area contributed by atoms with Gasteiger partial charge in [-0.25, -0.2) is 10.3 Å². The van der Waals surface area contributed by atoms with Crippen molar-refractivity contribution in [1.82, 2.24) is 5.48 Å². The first kappa shape index (κ1) is 22.0. The van der Waals surface area contributed by atoms with Gasteiger partial charge in [-0.1, -0.05) is 54.6 Å². The number of hydroxylamine groups is 1. The number of ether oxygens (including phenoxy) is 1. The summed E-state index contributed by atoms with van der Waals surface area (Å²) < 4.78 is 5.39. The largest absolute Gasteiger partial charge is 0.350 e. The zero-order valence-electron chi connectivity index (χ0n) is 16.6. The van der Waals surface area contributed by atoms with Crippen molar-refractivity contribution >= 4 is 35.4 Å². The molecule has 156 valence electrons. The van der Waals surface area contributed by atoms with E-state index < -0.39 is 0 Å². The normalized spacial score (nSPS) is 16.8. The zero-order valence-corrected chi connectivity index (χ0v) is 17.3. The monoisotopic (exact) mass is 425 g/mol. The molecule has 1 atom stereocenters. The summed E-state index contributed by atoms with van der Waals surface area (Å²) in [7, 11) is 0. The topological polar surface area (TPSA) is 64.6 Å². The molecule has 0 aromatic heterocycles. The second-order valence-corrected chi connectivity index (χ2v) is 7.18. The lowest BCUT2D eigenvalue weighted by atomic mass is 10.1. The van der Waals surface area contributed by atoms with Crippen LogP contribution in [0, 0.1) is 0 Å². The first-order valence-electron chi connectivity index (χ1n) is 9.87. The van der Waals surface area contributed by atoms with Gasteiger partial charge in [0.05, 0.1) is 0 Å². The first-order chi connectivity index (χ1) is 14.6. The molecule has 1 amide bonds. The maximum Gasteiger partial charge on any atom is 0.267 e. The number of alkyl halides is 1. The lowest BCUT2D eigenvalue weighted by Crippen LogP contribution is -2.32. The molecule has 1 unspecified atom stereocenters. The van der Waals surface area contributed by atoms with E-state index in [9.17, 15) is 9.59 Å². The molecule has 2 aromatic rings. The van der Waals surface area contributed by atoms with Crippen LogP contribution in [-0.4, -0.2) is 24.6 Å². The zero-order chi connectivity index (χ0) is 21.2. The minimum absolute atomic E-state index is 0.0706. The molecule has 0 bridgehead atoms. The highest BCUT2D eigenvalue weighted by Crippen LogP contribution is 2.13. The molecule has 30 heavy (non-hydrogen) atoms. The van der Waals surface area contributed by atoms with Gasteiger partial charge in [0, 0.05) is 30.5 Å². The van der Waals surface area contributed by atoms with Crippen molar-refractivity contribution in [3.8, 4) is 0 Å². The van der Waals surface area contributed by atoms with Crippen LogP contribution in [0.5, 0.6) is 0 Å². The number of amides is 1. The Bertz CT molecular complexity index is 898.